The SMILES string of the molecule is CC(C)CCCCCCCCCCCCCCCc1[nH]cc[n+]1Cc1ccccc1. The number of rotatable bonds is 18. The largest absolute Gasteiger partial charge is 0.254 e. The van der Waals surface area contributed by atoms with Crippen LogP contribution in [0.1, 0.15) is 115 Å². The fraction of sp³-hybridized carbons (Fsp3) is 0.679. The zero-order valence-corrected chi connectivity index (χ0v) is 19.9. The minimum Gasteiger partial charge on any atom is -0.248 e. The Morgan fingerprint density at radius 1 is 0.700 bits per heavy atom. The molecule has 0 saturated carbocycles. The molecule has 1 aromatic carbocycles. The number of unbranched alkanes of at least 4 members (excludes halogenated alkanes) is 12. The first-order chi connectivity index (χ1) is 14.8. The first kappa shape index (κ1) is 24.7. The van der Waals surface area contributed by atoms with Crippen LogP contribution in [0.25, 0.3) is 0 Å². The maximum absolute atomic E-state index is 3.44. The van der Waals surface area contributed by atoms with Gasteiger partial charge in [0.05, 0.1) is 0 Å². The Hall–Kier alpha value is -1.57. The lowest BCUT2D eigenvalue weighted by atomic mass is 10.0. The fourth-order valence-electron chi connectivity index (χ4n) is 4.33. The summed E-state index contributed by atoms with van der Waals surface area (Å²) in [6, 6.07) is 10.7. The molecule has 0 unspecified atom stereocenters. The monoisotopic (exact) mass is 411 g/mol. The molecule has 1 N–H and O–H groups in total. The molecule has 0 bridgehead atoms. The smallest absolute Gasteiger partial charge is 0.248 e. The lowest BCUT2D eigenvalue weighted by Crippen LogP contribution is -2.36. The molecular weight excluding hydrogens is 364 g/mol. The Balaban J connectivity index is 1.39. The molecule has 0 aliphatic rings. The van der Waals surface area contributed by atoms with Gasteiger partial charge in [-0.1, -0.05) is 128 Å². The summed E-state index contributed by atoms with van der Waals surface area (Å²) in [5, 5.41) is 0. The third-order valence-corrected chi connectivity index (χ3v) is 6.24. The van der Waals surface area contributed by atoms with Gasteiger partial charge in [-0.15, -0.1) is 0 Å². The summed E-state index contributed by atoms with van der Waals surface area (Å²) in [5.41, 5.74) is 1.37. The predicted molar refractivity (Wildman–Crippen MR) is 130 cm³/mol. The van der Waals surface area contributed by atoms with Crippen LogP contribution in [0.5, 0.6) is 0 Å². The Kier molecular flexibility index (Phi) is 13.3. The summed E-state index contributed by atoms with van der Waals surface area (Å²) in [6.07, 6.45) is 25.4. The van der Waals surface area contributed by atoms with Crippen LogP contribution in [-0.4, -0.2) is 4.98 Å². The molecule has 0 fully saturated rings. The number of aromatic nitrogens is 2. The van der Waals surface area contributed by atoms with E-state index in [-0.39, 0.29) is 0 Å². The summed E-state index contributed by atoms with van der Waals surface area (Å²) in [4.78, 5) is 3.44. The maximum Gasteiger partial charge on any atom is 0.254 e. The molecule has 1 heterocycles. The zero-order chi connectivity index (χ0) is 21.3. The van der Waals surface area contributed by atoms with Gasteiger partial charge in [0.25, 0.3) is 5.82 Å². The first-order valence-electron chi connectivity index (χ1n) is 12.9. The van der Waals surface area contributed by atoms with Gasteiger partial charge in [-0.2, -0.15) is 0 Å². The number of aromatic amines is 1. The van der Waals surface area contributed by atoms with Crippen LogP contribution in [0.2, 0.25) is 0 Å². The summed E-state index contributed by atoms with van der Waals surface area (Å²) in [6.45, 7) is 5.64. The molecule has 1 aromatic heterocycles. The second-order valence-corrected chi connectivity index (χ2v) is 9.55. The highest BCUT2D eigenvalue weighted by atomic mass is 15.1. The highest BCUT2D eigenvalue weighted by Crippen LogP contribution is 2.14. The normalized spacial score (nSPS) is 11.4. The lowest BCUT2D eigenvalue weighted by molar-refractivity contribution is -0.694. The molecule has 2 aromatic rings. The van der Waals surface area contributed by atoms with E-state index in [0.29, 0.717) is 0 Å². The van der Waals surface area contributed by atoms with Gasteiger partial charge in [-0.3, -0.25) is 0 Å². The second kappa shape index (κ2) is 16.2. The zero-order valence-electron chi connectivity index (χ0n) is 19.9. The van der Waals surface area contributed by atoms with Crippen molar-refractivity contribution in [1.82, 2.24) is 4.98 Å². The van der Waals surface area contributed by atoms with Crippen molar-refractivity contribution >= 4 is 0 Å². The number of aryl methyl sites for hydroxylation is 1. The number of hydrogen-bond acceptors (Lipinski definition) is 0. The summed E-state index contributed by atoms with van der Waals surface area (Å²) < 4.78 is 2.36. The number of imidazole rings is 1. The quantitative estimate of drug-likeness (QED) is 0.189. The van der Waals surface area contributed by atoms with E-state index in [2.05, 4.69) is 66.1 Å². The molecule has 168 valence electrons. The van der Waals surface area contributed by atoms with Crippen molar-refractivity contribution in [2.75, 3.05) is 0 Å². The van der Waals surface area contributed by atoms with Crippen LogP contribution in [0.4, 0.5) is 0 Å². The summed E-state index contributed by atoms with van der Waals surface area (Å²) in [5.74, 6) is 2.25. The highest BCUT2D eigenvalue weighted by Gasteiger charge is 2.10. The van der Waals surface area contributed by atoms with Crippen LogP contribution in [0.3, 0.4) is 0 Å². The predicted octanol–water partition coefficient (Wildman–Crippen LogP) is 8.01. The minimum atomic E-state index is 0.884. The molecule has 0 spiro atoms. The Bertz CT molecular complexity index is 629. The van der Waals surface area contributed by atoms with Crippen molar-refractivity contribution < 1.29 is 4.57 Å². The van der Waals surface area contributed by atoms with Crippen LogP contribution >= 0.6 is 0 Å². The third kappa shape index (κ3) is 11.6. The lowest BCUT2D eigenvalue weighted by Gasteiger charge is -2.05. The molecule has 0 radical (unpaired) electrons. The molecule has 2 nitrogen and oxygen atoms in total. The van der Waals surface area contributed by atoms with E-state index in [9.17, 15) is 0 Å². The second-order valence-electron chi connectivity index (χ2n) is 9.55. The van der Waals surface area contributed by atoms with Crippen molar-refractivity contribution in [3.63, 3.8) is 0 Å². The molecule has 2 rings (SSSR count). The number of nitrogens with zero attached hydrogens (tertiary/aromatic N) is 1. The van der Waals surface area contributed by atoms with Gasteiger partial charge in [0.1, 0.15) is 18.9 Å². The van der Waals surface area contributed by atoms with Crippen molar-refractivity contribution in [3.05, 3.63) is 54.1 Å². The van der Waals surface area contributed by atoms with E-state index in [1.807, 2.05) is 0 Å². The Labute approximate surface area is 186 Å². The van der Waals surface area contributed by atoms with Gasteiger partial charge in [0.15, 0.2) is 0 Å². The van der Waals surface area contributed by atoms with E-state index < -0.39 is 0 Å². The number of nitrogens with one attached hydrogen (secondary N) is 1. The topological polar surface area (TPSA) is 19.7 Å². The van der Waals surface area contributed by atoms with Crippen LogP contribution in [-0.2, 0) is 13.0 Å². The molecular formula is C28H47N2+. The van der Waals surface area contributed by atoms with Gasteiger partial charge >= 0.3 is 0 Å². The molecule has 0 atom stereocenters. The van der Waals surface area contributed by atoms with Gasteiger partial charge in [-0.05, 0) is 17.9 Å². The van der Waals surface area contributed by atoms with Gasteiger partial charge in [0, 0.05) is 6.42 Å². The summed E-state index contributed by atoms with van der Waals surface area (Å²) in [7, 11) is 0. The Morgan fingerprint density at radius 3 is 1.80 bits per heavy atom. The van der Waals surface area contributed by atoms with E-state index in [1.54, 1.807) is 0 Å². The summed E-state index contributed by atoms with van der Waals surface area (Å²) >= 11 is 0. The standard InChI is InChI=1S/C28H46N2/c1-26(2)19-15-12-10-8-6-4-3-5-7-9-11-13-18-22-28-29-23-24-30(28)25-27-20-16-14-17-21-27/h14,16-17,20-21,23-24,26H,3-13,15,18-19,22,25H2,1-2H3/p+1. The number of hydrogen-bond donors (Lipinski definition) is 1. The van der Waals surface area contributed by atoms with Crippen LogP contribution in [0.15, 0.2) is 42.7 Å². The maximum atomic E-state index is 3.44. The number of benzene rings is 1. The first-order valence-corrected chi connectivity index (χ1v) is 12.9. The number of H-pyrrole nitrogens is 1. The van der Waals surface area contributed by atoms with E-state index >= 15 is 0 Å². The van der Waals surface area contributed by atoms with Crippen molar-refractivity contribution in [2.45, 2.75) is 117 Å². The Morgan fingerprint density at radius 2 is 1.23 bits per heavy atom. The van der Waals surface area contributed by atoms with Gasteiger partial charge in [-0.25, -0.2) is 9.55 Å². The molecule has 0 aliphatic heterocycles. The van der Waals surface area contributed by atoms with Crippen molar-refractivity contribution in [3.8, 4) is 0 Å². The fourth-order valence-corrected chi connectivity index (χ4v) is 4.33. The molecule has 2 heteroatoms. The molecule has 0 saturated heterocycles. The molecule has 30 heavy (non-hydrogen) atoms. The van der Waals surface area contributed by atoms with Crippen molar-refractivity contribution in [2.24, 2.45) is 5.92 Å². The van der Waals surface area contributed by atoms with Crippen LogP contribution in [0, 0.1) is 5.92 Å². The third-order valence-electron chi connectivity index (χ3n) is 6.24. The van der Waals surface area contributed by atoms with Gasteiger partial charge in [0.2, 0.25) is 0 Å². The van der Waals surface area contributed by atoms with E-state index in [0.717, 1.165) is 18.9 Å². The average Bonchev–Trinajstić information content (AvgIpc) is 3.18. The van der Waals surface area contributed by atoms with E-state index in [4.69, 9.17) is 0 Å². The van der Waals surface area contributed by atoms with Gasteiger partial charge < -0.3 is 0 Å². The minimum absolute atomic E-state index is 0.884. The van der Waals surface area contributed by atoms with E-state index in [1.165, 1.54) is 101 Å². The van der Waals surface area contributed by atoms with Crippen LogP contribution < -0.4 is 4.57 Å². The van der Waals surface area contributed by atoms with Crippen molar-refractivity contribution in [1.29, 1.82) is 0 Å². The molecule has 0 aliphatic carbocycles. The highest BCUT2D eigenvalue weighted by molar-refractivity contribution is 5.13. The average molecular weight is 412 g/mol. The molecule has 0 amide bonds.